The van der Waals surface area contributed by atoms with E-state index in [0.717, 1.165) is 11.1 Å². The van der Waals surface area contributed by atoms with Gasteiger partial charge in [-0.25, -0.2) is 5.43 Å². The quantitative estimate of drug-likeness (QED) is 0.634. The zero-order valence-electron chi connectivity index (χ0n) is 9.29. The fourth-order valence-corrected chi connectivity index (χ4v) is 1.31. The predicted molar refractivity (Wildman–Crippen MR) is 60.0 cm³/mol. The lowest BCUT2D eigenvalue weighted by atomic mass is 10.0. The van der Waals surface area contributed by atoms with Crippen LogP contribution in [0.15, 0.2) is 18.2 Å². The molecule has 1 unspecified atom stereocenters. The van der Waals surface area contributed by atoms with Crippen molar-refractivity contribution in [3.05, 3.63) is 34.9 Å². The smallest absolute Gasteiger partial charge is 0.255 e. The van der Waals surface area contributed by atoms with Crippen LogP contribution in [0.3, 0.4) is 0 Å². The maximum absolute atomic E-state index is 11.4. The van der Waals surface area contributed by atoms with E-state index >= 15 is 0 Å². The Morgan fingerprint density at radius 3 is 2.53 bits per heavy atom. The predicted octanol–water partition coefficient (Wildman–Crippen LogP) is 0.554. The molecule has 1 atom stereocenters. The first-order chi connectivity index (χ1) is 7.06. The molecule has 0 aliphatic heterocycles. The van der Waals surface area contributed by atoms with Gasteiger partial charge in [-0.1, -0.05) is 18.2 Å². The Balaban J connectivity index is 2.86. The number of amides is 1. The second-order valence-electron chi connectivity index (χ2n) is 3.56. The van der Waals surface area contributed by atoms with Crippen LogP contribution in [0.4, 0.5) is 0 Å². The molecule has 0 fully saturated rings. The van der Waals surface area contributed by atoms with Crippen molar-refractivity contribution < 1.29 is 4.79 Å². The summed E-state index contributed by atoms with van der Waals surface area (Å²) in [4.78, 5) is 11.4. The van der Waals surface area contributed by atoms with Gasteiger partial charge in [0.15, 0.2) is 0 Å². The van der Waals surface area contributed by atoms with Gasteiger partial charge >= 0.3 is 0 Å². The van der Waals surface area contributed by atoms with Crippen molar-refractivity contribution in [1.82, 2.24) is 10.9 Å². The highest BCUT2D eigenvalue weighted by Gasteiger charge is 2.14. The minimum absolute atomic E-state index is 0.235. The van der Waals surface area contributed by atoms with Crippen molar-refractivity contribution in [2.24, 2.45) is 5.73 Å². The van der Waals surface area contributed by atoms with Crippen LogP contribution in [0.5, 0.6) is 0 Å². The molecule has 1 aromatic carbocycles. The van der Waals surface area contributed by atoms with E-state index in [0.29, 0.717) is 0 Å². The van der Waals surface area contributed by atoms with E-state index in [-0.39, 0.29) is 5.91 Å². The second-order valence-corrected chi connectivity index (χ2v) is 3.56. The van der Waals surface area contributed by atoms with E-state index in [4.69, 9.17) is 5.73 Å². The van der Waals surface area contributed by atoms with Crippen LogP contribution in [0, 0.1) is 13.8 Å². The van der Waals surface area contributed by atoms with Crippen molar-refractivity contribution in [2.75, 3.05) is 7.05 Å². The normalized spacial score (nSPS) is 12.3. The number of carbonyl (C=O) groups is 1. The summed E-state index contributed by atoms with van der Waals surface area (Å²) in [6.45, 7) is 4.03. The molecule has 0 aromatic heterocycles. The molecule has 82 valence electrons. The van der Waals surface area contributed by atoms with E-state index in [9.17, 15) is 4.79 Å². The number of hydrogen-bond acceptors (Lipinski definition) is 3. The van der Waals surface area contributed by atoms with Crippen molar-refractivity contribution in [3.8, 4) is 0 Å². The van der Waals surface area contributed by atoms with Gasteiger partial charge in [-0.15, -0.1) is 0 Å². The second kappa shape index (κ2) is 4.91. The molecule has 0 heterocycles. The minimum Gasteiger partial charge on any atom is -0.316 e. The van der Waals surface area contributed by atoms with Crippen LogP contribution >= 0.6 is 0 Å². The summed E-state index contributed by atoms with van der Waals surface area (Å²) in [5.41, 5.74) is 14.0. The van der Waals surface area contributed by atoms with E-state index in [2.05, 4.69) is 10.9 Å². The average Bonchev–Trinajstić information content (AvgIpc) is 2.21. The largest absolute Gasteiger partial charge is 0.316 e. The fourth-order valence-electron chi connectivity index (χ4n) is 1.31. The van der Waals surface area contributed by atoms with Crippen molar-refractivity contribution in [3.63, 3.8) is 0 Å². The highest BCUT2D eigenvalue weighted by atomic mass is 16.2. The van der Waals surface area contributed by atoms with E-state index < -0.39 is 6.04 Å². The molecule has 4 N–H and O–H groups in total. The molecule has 0 saturated carbocycles. The number of hydrazine groups is 1. The van der Waals surface area contributed by atoms with Gasteiger partial charge in [0.05, 0.1) is 0 Å². The molecular weight excluding hydrogens is 190 g/mol. The fraction of sp³-hybridized carbons (Fsp3) is 0.364. The summed E-state index contributed by atoms with van der Waals surface area (Å²) in [6.07, 6.45) is 0. The molecule has 1 amide bonds. The average molecular weight is 207 g/mol. The Hall–Kier alpha value is -1.39. The van der Waals surface area contributed by atoms with Gasteiger partial charge in [-0.3, -0.25) is 10.2 Å². The van der Waals surface area contributed by atoms with Crippen molar-refractivity contribution in [2.45, 2.75) is 19.9 Å². The Bertz CT molecular complexity index is 363. The SMILES string of the molecule is CNNC(=O)C(N)c1ccc(C)c(C)c1. The highest BCUT2D eigenvalue weighted by molar-refractivity contribution is 5.82. The van der Waals surface area contributed by atoms with Crippen LogP contribution in [0.1, 0.15) is 22.7 Å². The molecule has 0 radical (unpaired) electrons. The first kappa shape index (κ1) is 11.7. The molecule has 4 heteroatoms. The lowest BCUT2D eigenvalue weighted by Crippen LogP contribution is -2.40. The van der Waals surface area contributed by atoms with Crippen LogP contribution < -0.4 is 16.6 Å². The maximum Gasteiger partial charge on any atom is 0.255 e. The van der Waals surface area contributed by atoms with Crippen LogP contribution in [0.25, 0.3) is 0 Å². The summed E-state index contributed by atoms with van der Waals surface area (Å²) in [6, 6.07) is 5.16. The first-order valence-electron chi connectivity index (χ1n) is 4.85. The summed E-state index contributed by atoms with van der Waals surface area (Å²) < 4.78 is 0. The Morgan fingerprint density at radius 1 is 1.33 bits per heavy atom. The number of hydrogen-bond donors (Lipinski definition) is 3. The number of nitrogens with two attached hydrogens (primary N) is 1. The van der Waals surface area contributed by atoms with Crippen LogP contribution in [0.2, 0.25) is 0 Å². The molecule has 0 bridgehead atoms. The zero-order valence-corrected chi connectivity index (χ0v) is 9.29. The van der Waals surface area contributed by atoms with Gasteiger partial charge in [0.1, 0.15) is 6.04 Å². The number of carbonyl (C=O) groups excluding carboxylic acids is 1. The van der Waals surface area contributed by atoms with Gasteiger partial charge in [0, 0.05) is 7.05 Å². The third-order valence-corrected chi connectivity index (χ3v) is 2.42. The molecular formula is C11H17N3O. The topological polar surface area (TPSA) is 67.1 Å². The van der Waals surface area contributed by atoms with Crippen molar-refractivity contribution in [1.29, 1.82) is 0 Å². The zero-order chi connectivity index (χ0) is 11.4. The number of rotatable bonds is 3. The Labute approximate surface area is 89.8 Å². The molecule has 0 saturated heterocycles. The summed E-state index contributed by atoms with van der Waals surface area (Å²) in [5.74, 6) is -0.235. The highest BCUT2D eigenvalue weighted by Crippen LogP contribution is 2.15. The maximum atomic E-state index is 11.4. The van der Waals surface area contributed by atoms with Crippen LogP contribution in [-0.2, 0) is 4.79 Å². The summed E-state index contributed by atoms with van der Waals surface area (Å²) in [5, 5.41) is 0. The summed E-state index contributed by atoms with van der Waals surface area (Å²) >= 11 is 0. The lowest BCUT2D eigenvalue weighted by molar-refractivity contribution is -0.123. The third-order valence-electron chi connectivity index (χ3n) is 2.42. The molecule has 1 aromatic rings. The number of aryl methyl sites for hydroxylation is 2. The van der Waals surface area contributed by atoms with Gasteiger partial charge < -0.3 is 5.73 Å². The lowest BCUT2D eigenvalue weighted by Gasteiger charge is -2.13. The van der Waals surface area contributed by atoms with Crippen LogP contribution in [-0.4, -0.2) is 13.0 Å². The molecule has 15 heavy (non-hydrogen) atoms. The summed E-state index contributed by atoms with van der Waals surface area (Å²) in [7, 11) is 1.63. The monoisotopic (exact) mass is 207 g/mol. The van der Waals surface area contributed by atoms with Gasteiger partial charge in [-0.05, 0) is 30.5 Å². The Kier molecular flexibility index (Phi) is 3.82. The van der Waals surface area contributed by atoms with E-state index in [1.54, 1.807) is 7.05 Å². The first-order valence-corrected chi connectivity index (χ1v) is 4.85. The standard InChI is InChI=1S/C11H17N3O/c1-7-4-5-9(6-8(7)2)10(12)11(15)14-13-3/h4-6,10,13H,12H2,1-3H3,(H,14,15). The van der Waals surface area contributed by atoms with Crippen molar-refractivity contribution >= 4 is 5.91 Å². The molecule has 0 spiro atoms. The Morgan fingerprint density at radius 2 is 2.00 bits per heavy atom. The molecule has 4 nitrogen and oxygen atoms in total. The van der Waals surface area contributed by atoms with E-state index in [1.165, 1.54) is 5.56 Å². The molecule has 0 aliphatic carbocycles. The number of benzene rings is 1. The molecule has 0 aliphatic rings. The number of nitrogens with one attached hydrogen (secondary N) is 2. The molecule has 1 rings (SSSR count). The third kappa shape index (κ3) is 2.78. The minimum atomic E-state index is -0.628. The van der Waals surface area contributed by atoms with Gasteiger partial charge in [0.2, 0.25) is 0 Å². The van der Waals surface area contributed by atoms with Gasteiger partial charge in [-0.2, -0.15) is 0 Å². The van der Waals surface area contributed by atoms with E-state index in [1.807, 2.05) is 32.0 Å². The van der Waals surface area contributed by atoms with Gasteiger partial charge in [0.25, 0.3) is 5.91 Å².